The van der Waals surface area contributed by atoms with Crippen molar-refractivity contribution < 1.29 is 14.0 Å². The number of halogens is 1. The summed E-state index contributed by atoms with van der Waals surface area (Å²) in [4.78, 5) is 28.6. The summed E-state index contributed by atoms with van der Waals surface area (Å²) in [6, 6.07) is 5.86. The largest absolute Gasteiger partial charge is 0.341 e. The molecule has 2 N–H and O–H groups in total. The molecule has 3 aliphatic rings. The van der Waals surface area contributed by atoms with Crippen LogP contribution in [0, 0.1) is 11.2 Å². The molecule has 4 rings (SSSR count). The molecule has 0 radical (unpaired) electrons. The molecule has 3 fully saturated rings. The van der Waals surface area contributed by atoms with E-state index in [1.54, 1.807) is 17.0 Å². The number of likely N-dealkylation sites (tertiary alicyclic amines) is 1. The van der Waals surface area contributed by atoms with Crippen molar-refractivity contribution >= 4 is 17.5 Å². The Morgan fingerprint density at radius 1 is 1.25 bits per heavy atom. The molecule has 2 amide bonds. The number of hydrazine groups is 1. The summed E-state index contributed by atoms with van der Waals surface area (Å²) >= 11 is 0. The van der Waals surface area contributed by atoms with Gasteiger partial charge in [0.15, 0.2) is 0 Å². The fraction of sp³-hybridized carbons (Fsp3) is 0.529. The van der Waals surface area contributed by atoms with E-state index < -0.39 is 0 Å². The van der Waals surface area contributed by atoms with Crippen LogP contribution in [0.5, 0.6) is 0 Å². The number of carbonyl (C=O) groups excluding carboxylic acids is 2. The molecule has 7 heteroatoms. The van der Waals surface area contributed by atoms with Gasteiger partial charge in [0, 0.05) is 43.7 Å². The summed E-state index contributed by atoms with van der Waals surface area (Å²) in [7, 11) is 0. The highest BCUT2D eigenvalue weighted by atomic mass is 19.1. The van der Waals surface area contributed by atoms with E-state index in [0.717, 1.165) is 25.1 Å². The van der Waals surface area contributed by atoms with E-state index in [4.69, 9.17) is 0 Å². The van der Waals surface area contributed by atoms with Gasteiger partial charge < -0.3 is 9.80 Å². The molecule has 3 aliphatic heterocycles. The van der Waals surface area contributed by atoms with Gasteiger partial charge in [-0.1, -0.05) is 0 Å². The van der Waals surface area contributed by atoms with Gasteiger partial charge in [0.25, 0.3) is 0 Å². The summed E-state index contributed by atoms with van der Waals surface area (Å²) in [6.07, 6.45) is 2.08. The van der Waals surface area contributed by atoms with Crippen LogP contribution in [0.2, 0.25) is 0 Å². The number of anilines is 1. The Morgan fingerprint density at radius 3 is 2.75 bits per heavy atom. The minimum absolute atomic E-state index is 0.0524. The lowest BCUT2D eigenvalue weighted by Gasteiger charge is -2.25. The number of nitrogens with one attached hydrogen (secondary N) is 2. The van der Waals surface area contributed by atoms with E-state index in [1.807, 2.05) is 4.90 Å². The number of amides is 2. The van der Waals surface area contributed by atoms with Crippen molar-refractivity contribution in [3.05, 3.63) is 30.1 Å². The van der Waals surface area contributed by atoms with Gasteiger partial charge in [-0.2, -0.15) is 0 Å². The Morgan fingerprint density at radius 2 is 2.04 bits per heavy atom. The molecule has 1 aromatic rings. The fourth-order valence-corrected chi connectivity index (χ4v) is 4.04. The predicted molar refractivity (Wildman–Crippen MR) is 86.5 cm³/mol. The van der Waals surface area contributed by atoms with Gasteiger partial charge in [-0.05, 0) is 37.1 Å². The van der Waals surface area contributed by atoms with Gasteiger partial charge in [-0.3, -0.25) is 15.0 Å². The van der Waals surface area contributed by atoms with Crippen LogP contribution >= 0.6 is 0 Å². The van der Waals surface area contributed by atoms with Crippen LogP contribution in [-0.2, 0) is 9.59 Å². The normalized spacial score (nSPS) is 29.9. The van der Waals surface area contributed by atoms with Crippen LogP contribution in [0.3, 0.4) is 0 Å². The number of rotatable bonds is 2. The maximum atomic E-state index is 13.1. The SMILES string of the molecule is O=C(C1CCNN1)N1CCC2(CC(=O)N(c3ccc(F)cc3)C2)C1. The van der Waals surface area contributed by atoms with Crippen molar-refractivity contribution in [3.63, 3.8) is 0 Å². The maximum absolute atomic E-state index is 13.1. The first-order valence-corrected chi connectivity index (χ1v) is 8.40. The average molecular weight is 332 g/mol. The molecule has 0 saturated carbocycles. The summed E-state index contributed by atoms with van der Waals surface area (Å²) < 4.78 is 13.1. The Hall–Kier alpha value is -1.99. The predicted octanol–water partition coefficient (Wildman–Crippen LogP) is 0.648. The summed E-state index contributed by atoms with van der Waals surface area (Å²) in [5.74, 6) is -0.142. The van der Waals surface area contributed by atoms with Crippen LogP contribution in [0.25, 0.3) is 0 Å². The second-order valence-electron chi connectivity index (χ2n) is 7.06. The average Bonchev–Trinajstić information content (AvgIpc) is 3.29. The van der Waals surface area contributed by atoms with Crippen LogP contribution in [0.4, 0.5) is 10.1 Å². The number of hydrogen-bond acceptors (Lipinski definition) is 4. The van der Waals surface area contributed by atoms with Crippen LogP contribution < -0.4 is 15.8 Å². The van der Waals surface area contributed by atoms with Crippen molar-refractivity contribution in [1.82, 2.24) is 15.8 Å². The van der Waals surface area contributed by atoms with Crippen molar-refractivity contribution in [2.45, 2.75) is 25.3 Å². The highest BCUT2D eigenvalue weighted by molar-refractivity contribution is 5.96. The zero-order chi connectivity index (χ0) is 16.7. The van der Waals surface area contributed by atoms with E-state index in [0.29, 0.717) is 26.1 Å². The molecule has 0 bridgehead atoms. The van der Waals surface area contributed by atoms with E-state index in [2.05, 4.69) is 10.9 Å². The van der Waals surface area contributed by atoms with Gasteiger partial charge in [-0.15, -0.1) is 0 Å². The lowest BCUT2D eigenvalue weighted by molar-refractivity contribution is -0.132. The van der Waals surface area contributed by atoms with Crippen LogP contribution in [0.15, 0.2) is 24.3 Å². The van der Waals surface area contributed by atoms with Crippen molar-refractivity contribution in [3.8, 4) is 0 Å². The Kier molecular flexibility index (Phi) is 3.77. The standard InChI is InChI=1S/C17H21FN4O2/c18-12-1-3-13(4-2-12)22-11-17(9-15(22)23)6-8-21(10-17)16(24)14-5-7-19-20-14/h1-4,14,19-20H,5-11H2. The summed E-state index contributed by atoms with van der Waals surface area (Å²) in [6.45, 7) is 2.71. The molecule has 0 aromatic heterocycles. The van der Waals surface area contributed by atoms with Gasteiger partial charge in [0.05, 0.1) is 0 Å². The second kappa shape index (κ2) is 5.82. The quantitative estimate of drug-likeness (QED) is 0.835. The topological polar surface area (TPSA) is 64.7 Å². The lowest BCUT2D eigenvalue weighted by atomic mass is 9.86. The third-order valence-corrected chi connectivity index (χ3v) is 5.34. The fourth-order valence-electron chi connectivity index (χ4n) is 4.04. The molecule has 1 spiro atoms. The zero-order valence-electron chi connectivity index (χ0n) is 13.4. The number of carbonyl (C=O) groups is 2. The lowest BCUT2D eigenvalue weighted by Crippen LogP contribution is -2.45. The smallest absolute Gasteiger partial charge is 0.241 e. The van der Waals surface area contributed by atoms with Crippen molar-refractivity contribution in [2.24, 2.45) is 5.41 Å². The second-order valence-corrected chi connectivity index (χ2v) is 7.06. The highest BCUT2D eigenvalue weighted by Crippen LogP contribution is 2.42. The van der Waals surface area contributed by atoms with E-state index in [-0.39, 0.29) is 29.1 Å². The molecule has 3 heterocycles. The molecular formula is C17H21FN4O2. The first-order chi connectivity index (χ1) is 11.6. The van der Waals surface area contributed by atoms with Gasteiger partial charge >= 0.3 is 0 Å². The molecule has 6 nitrogen and oxygen atoms in total. The molecule has 128 valence electrons. The summed E-state index contributed by atoms with van der Waals surface area (Å²) in [5.41, 5.74) is 6.55. The minimum Gasteiger partial charge on any atom is -0.341 e. The number of hydrogen-bond donors (Lipinski definition) is 2. The molecule has 1 aromatic carbocycles. The Labute approximate surface area is 140 Å². The monoisotopic (exact) mass is 332 g/mol. The van der Waals surface area contributed by atoms with Crippen LogP contribution in [0.1, 0.15) is 19.3 Å². The first-order valence-electron chi connectivity index (χ1n) is 8.40. The molecular weight excluding hydrogens is 311 g/mol. The molecule has 24 heavy (non-hydrogen) atoms. The molecule has 0 aliphatic carbocycles. The minimum atomic E-state index is -0.310. The van der Waals surface area contributed by atoms with Crippen molar-refractivity contribution in [2.75, 3.05) is 31.1 Å². The van der Waals surface area contributed by atoms with E-state index in [1.165, 1.54) is 12.1 Å². The number of benzene rings is 1. The van der Waals surface area contributed by atoms with Gasteiger partial charge in [0.2, 0.25) is 11.8 Å². The third-order valence-electron chi connectivity index (χ3n) is 5.34. The summed E-state index contributed by atoms with van der Waals surface area (Å²) in [5, 5.41) is 0. The van der Waals surface area contributed by atoms with Crippen LogP contribution in [-0.4, -0.2) is 48.9 Å². The maximum Gasteiger partial charge on any atom is 0.241 e. The Bertz CT molecular complexity index is 659. The number of nitrogens with zero attached hydrogens (tertiary/aromatic N) is 2. The Balaban J connectivity index is 1.46. The highest BCUT2D eigenvalue weighted by Gasteiger charge is 2.49. The van der Waals surface area contributed by atoms with E-state index in [9.17, 15) is 14.0 Å². The molecule has 2 atom stereocenters. The van der Waals surface area contributed by atoms with E-state index >= 15 is 0 Å². The molecule has 3 saturated heterocycles. The zero-order valence-corrected chi connectivity index (χ0v) is 13.4. The molecule has 2 unspecified atom stereocenters. The van der Waals surface area contributed by atoms with Gasteiger partial charge in [-0.25, -0.2) is 9.82 Å². The van der Waals surface area contributed by atoms with Crippen molar-refractivity contribution in [1.29, 1.82) is 0 Å². The first kappa shape index (κ1) is 15.5. The third kappa shape index (κ3) is 2.67. The van der Waals surface area contributed by atoms with Gasteiger partial charge in [0.1, 0.15) is 11.9 Å².